The molecule has 2 aliphatic heterocycles. The lowest BCUT2D eigenvalue weighted by molar-refractivity contribution is 0.0510. The summed E-state index contributed by atoms with van der Waals surface area (Å²) >= 11 is 7.71. The average Bonchev–Trinajstić information content (AvgIpc) is 3.50. The summed E-state index contributed by atoms with van der Waals surface area (Å²) in [7, 11) is 0. The minimum atomic E-state index is -0.394. The Balaban J connectivity index is 1.37. The molecule has 4 heterocycles. The Morgan fingerprint density at radius 2 is 1.94 bits per heavy atom. The summed E-state index contributed by atoms with van der Waals surface area (Å²) in [6.45, 7) is 1.93. The Bertz CT molecular complexity index is 1550. The van der Waals surface area contributed by atoms with Crippen molar-refractivity contribution in [3.05, 3.63) is 68.0 Å². The smallest absolute Gasteiger partial charge is 0.265 e. The molecular weight excluding hydrogens is 507 g/mol. The number of hydrogen-bond donors (Lipinski definition) is 1. The molecule has 0 radical (unpaired) electrons. The third-order valence-electron chi connectivity index (χ3n) is 6.47. The lowest BCUT2D eigenvalue weighted by atomic mass is 10.1. The molecular formula is C26H22ClFN2O5S. The number of hydrogen-bond acceptors (Lipinski definition) is 6. The maximum Gasteiger partial charge on any atom is 0.265 e. The van der Waals surface area contributed by atoms with Gasteiger partial charge in [0.05, 0.1) is 23.2 Å². The number of aromatic amines is 1. The molecule has 0 unspecified atom stereocenters. The number of aromatic nitrogens is 1. The number of fused-ring (bicyclic) bond motifs is 3. The van der Waals surface area contributed by atoms with E-state index in [4.69, 9.17) is 25.8 Å². The van der Waals surface area contributed by atoms with E-state index in [0.717, 1.165) is 29.6 Å². The molecule has 0 bridgehead atoms. The number of pyridine rings is 1. The van der Waals surface area contributed by atoms with Gasteiger partial charge in [-0.05, 0) is 43.2 Å². The van der Waals surface area contributed by atoms with Crippen LogP contribution in [-0.2, 0) is 11.3 Å². The molecule has 1 saturated heterocycles. The molecule has 1 amide bonds. The van der Waals surface area contributed by atoms with Crippen LogP contribution in [0.5, 0.6) is 11.5 Å². The number of halogens is 2. The van der Waals surface area contributed by atoms with E-state index in [1.165, 1.54) is 12.1 Å². The van der Waals surface area contributed by atoms with Gasteiger partial charge < -0.3 is 24.1 Å². The number of H-pyrrole nitrogens is 1. The zero-order chi connectivity index (χ0) is 24.8. The molecule has 6 rings (SSSR count). The van der Waals surface area contributed by atoms with Crippen LogP contribution in [0.1, 0.15) is 28.1 Å². The van der Waals surface area contributed by atoms with Gasteiger partial charge in [-0.25, -0.2) is 4.39 Å². The van der Waals surface area contributed by atoms with Gasteiger partial charge in [0, 0.05) is 40.3 Å². The van der Waals surface area contributed by atoms with Gasteiger partial charge in [-0.15, -0.1) is 11.3 Å². The normalized spacial score (nSPS) is 17.1. The Morgan fingerprint density at radius 3 is 2.72 bits per heavy atom. The second kappa shape index (κ2) is 9.38. The molecule has 2 aromatic carbocycles. The topological polar surface area (TPSA) is 80.9 Å². The summed E-state index contributed by atoms with van der Waals surface area (Å²) < 4.78 is 31.4. The van der Waals surface area contributed by atoms with E-state index in [-0.39, 0.29) is 29.1 Å². The second-order valence-electron chi connectivity index (χ2n) is 8.91. The molecule has 1 N–H and O–H groups in total. The first-order valence-electron chi connectivity index (χ1n) is 11.7. The van der Waals surface area contributed by atoms with E-state index in [1.807, 2.05) is 6.07 Å². The number of nitrogens with one attached hydrogen (secondary N) is 1. The fourth-order valence-electron chi connectivity index (χ4n) is 4.68. The van der Waals surface area contributed by atoms with Crippen molar-refractivity contribution in [2.75, 3.05) is 26.4 Å². The van der Waals surface area contributed by atoms with Crippen LogP contribution in [0.25, 0.3) is 21.0 Å². The minimum absolute atomic E-state index is 0.0668. The van der Waals surface area contributed by atoms with Crippen molar-refractivity contribution in [1.82, 2.24) is 9.88 Å². The number of rotatable bonds is 5. The highest BCUT2D eigenvalue weighted by atomic mass is 35.5. The quantitative estimate of drug-likeness (QED) is 0.388. The molecule has 0 aliphatic carbocycles. The maximum absolute atomic E-state index is 13.8. The molecule has 2 aromatic heterocycles. The van der Waals surface area contributed by atoms with Crippen LogP contribution in [0.15, 0.2) is 41.2 Å². The van der Waals surface area contributed by atoms with Crippen molar-refractivity contribution in [2.24, 2.45) is 0 Å². The standard InChI is InChI=1S/C26H22ClFN2O5S/c27-23-18-4-3-16(28)10-22(18)36-24(23)26(32)30(13-17-2-1-5-33-17)12-15-8-14-9-20-21(35-7-6-34-20)11-19(14)29-25(15)31/h3-4,8-11,17H,1-2,5-7,12-13H2,(H,29,31)/t17-/m0/s1. The predicted molar refractivity (Wildman–Crippen MR) is 136 cm³/mol. The lowest BCUT2D eigenvalue weighted by Gasteiger charge is -2.25. The van der Waals surface area contributed by atoms with Gasteiger partial charge in [0.2, 0.25) is 0 Å². The van der Waals surface area contributed by atoms with E-state index in [1.54, 1.807) is 23.1 Å². The molecule has 1 fully saturated rings. The van der Waals surface area contributed by atoms with Gasteiger partial charge in [0.15, 0.2) is 11.5 Å². The molecule has 7 nitrogen and oxygen atoms in total. The Hall–Kier alpha value is -3.14. The summed E-state index contributed by atoms with van der Waals surface area (Å²) in [6.07, 6.45) is 1.61. The van der Waals surface area contributed by atoms with Crippen molar-refractivity contribution < 1.29 is 23.4 Å². The molecule has 2 aliphatic rings. The molecule has 1 atom stereocenters. The molecule has 0 spiro atoms. The van der Waals surface area contributed by atoms with E-state index in [2.05, 4.69) is 4.98 Å². The van der Waals surface area contributed by atoms with Crippen molar-refractivity contribution in [1.29, 1.82) is 0 Å². The Kier molecular flexibility index (Phi) is 6.07. The number of benzene rings is 2. The first-order chi connectivity index (χ1) is 17.5. The van der Waals surface area contributed by atoms with Gasteiger partial charge in [-0.3, -0.25) is 9.59 Å². The van der Waals surface area contributed by atoms with Crippen LogP contribution in [0.3, 0.4) is 0 Å². The van der Waals surface area contributed by atoms with Crippen LogP contribution in [-0.4, -0.2) is 48.3 Å². The van der Waals surface area contributed by atoms with E-state index in [0.29, 0.717) is 63.9 Å². The van der Waals surface area contributed by atoms with Gasteiger partial charge in [0.25, 0.3) is 11.5 Å². The Labute approximate surface area is 214 Å². The fourth-order valence-corrected chi connectivity index (χ4v) is 6.19. The molecule has 0 saturated carbocycles. The lowest BCUT2D eigenvalue weighted by Crippen LogP contribution is -2.38. The van der Waals surface area contributed by atoms with Gasteiger partial charge >= 0.3 is 0 Å². The highest BCUT2D eigenvalue weighted by Crippen LogP contribution is 2.37. The largest absolute Gasteiger partial charge is 0.486 e. The van der Waals surface area contributed by atoms with Gasteiger partial charge in [0.1, 0.15) is 23.9 Å². The van der Waals surface area contributed by atoms with Gasteiger partial charge in [-0.1, -0.05) is 11.6 Å². The number of amides is 1. The maximum atomic E-state index is 13.8. The minimum Gasteiger partial charge on any atom is -0.486 e. The highest BCUT2D eigenvalue weighted by molar-refractivity contribution is 7.21. The van der Waals surface area contributed by atoms with Crippen molar-refractivity contribution in [3.63, 3.8) is 0 Å². The SMILES string of the molecule is O=C(c1sc2cc(F)ccc2c1Cl)N(Cc1cc2cc3c(cc2[nH]c1=O)OCCO3)C[C@@H]1CCCO1. The van der Waals surface area contributed by atoms with E-state index in [9.17, 15) is 14.0 Å². The average molecular weight is 529 g/mol. The zero-order valence-corrected chi connectivity index (χ0v) is 20.7. The highest BCUT2D eigenvalue weighted by Gasteiger charge is 2.28. The van der Waals surface area contributed by atoms with Crippen LogP contribution >= 0.6 is 22.9 Å². The van der Waals surface area contributed by atoms with Crippen molar-refractivity contribution in [2.45, 2.75) is 25.5 Å². The van der Waals surface area contributed by atoms with Gasteiger partial charge in [-0.2, -0.15) is 0 Å². The summed E-state index contributed by atoms with van der Waals surface area (Å²) in [5.41, 5.74) is 0.752. The van der Waals surface area contributed by atoms with Crippen molar-refractivity contribution >= 4 is 49.8 Å². The van der Waals surface area contributed by atoms with E-state index >= 15 is 0 Å². The first kappa shape index (κ1) is 23.3. The predicted octanol–water partition coefficient (Wildman–Crippen LogP) is 5.13. The third kappa shape index (κ3) is 4.31. The fraction of sp³-hybridized carbons (Fsp3) is 0.308. The number of thiophene rings is 1. The summed E-state index contributed by atoms with van der Waals surface area (Å²) in [4.78, 5) is 31.6. The van der Waals surface area contributed by atoms with Crippen LogP contribution in [0, 0.1) is 5.82 Å². The molecule has 36 heavy (non-hydrogen) atoms. The summed E-state index contributed by atoms with van der Waals surface area (Å²) in [5.74, 6) is 0.486. The number of carbonyl (C=O) groups excluding carboxylic acids is 1. The Morgan fingerprint density at radius 1 is 1.14 bits per heavy atom. The second-order valence-corrected chi connectivity index (χ2v) is 10.3. The number of carbonyl (C=O) groups is 1. The first-order valence-corrected chi connectivity index (χ1v) is 12.9. The van der Waals surface area contributed by atoms with Crippen LogP contribution < -0.4 is 15.0 Å². The number of ether oxygens (including phenoxy) is 3. The molecule has 186 valence electrons. The van der Waals surface area contributed by atoms with E-state index < -0.39 is 5.82 Å². The summed E-state index contributed by atoms with van der Waals surface area (Å²) in [6, 6.07) is 9.61. The van der Waals surface area contributed by atoms with Crippen LogP contribution in [0.4, 0.5) is 4.39 Å². The molecule has 10 heteroatoms. The monoisotopic (exact) mass is 528 g/mol. The molecule has 4 aromatic rings. The number of nitrogens with zero attached hydrogens (tertiary/aromatic N) is 1. The van der Waals surface area contributed by atoms with Crippen molar-refractivity contribution in [3.8, 4) is 11.5 Å². The summed E-state index contributed by atoms with van der Waals surface area (Å²) in [5, 5.41) is 1.68. The van der Waals surface area contributed by atoms with Crippen LogP contribution in [0.2, 0.25) is 5.02 Å². The third-order valence-corrected chi connectivity index (χ3v) is 8.11. The zero-order valence-electron chi connectivity index (χ0n) is 19.1.